The van der Waals surface area contributed by atoms with Crippen LogP contribution in [0, 0.1) is 0 Å². The van der Waals surface area contributed by atoms with Crippen LogP contribution in [0.4, 0.5) is 0 Å². The summed E-state index contributed by atoms with van der Waals surface area (Å²) in [6.07, 6.45) is 6.71. The topological polar surface area (TPSA) is 52.6 Å². The third-order valence-corrected chi connectivity index (χ3v) is 3.76. The third kappa shape index (κ3) is 9.27. The summed E-state index contributed by atoms with van der Waals surface area (Å²) in [5.41, 5.74) is -0.442. The minimum Gasteiger partial charge on any atom is -0.463 e. The number of carbonyl (C=O) groups excluding carboxylic acids is 2. The van der Waals surface area contributed by atoms with E-state index >= 15 is 0 Å². The van der Waals surface area contributed by atoms with Crippen molar-refractivity contribution in [1.82, 2.24) is 0 Å². The summed E-state index contributed by atoms with van der Waals surface area (Å²) < 4.78 is 10.6. The Labute approximate surface area is 128 Å². The normalized spacial score (nSPS) is 14.9. The van der Waals surface area contributed by atoms with Crippen molar-refractivity contribution in [3.8, 4) is 0 Å². The van der Waals surface area contributed by atoms with Gasteiger partial charge in [-0.25, -0.2) is 4.79 Å². The van der Waals surface area contributed by atoms with Crippen molar-refractivity contribution >= 4 is 11.9 Å². The van der Waals surface area contributed by atoms with E-state index in [1.54, 1.807) is 0 Å². The molecule has 0 heterocycles. The first-order valence-electron chi connectivity index (χ1n) is 7.91. The number of unbranched alkanes of at least 4 members (excludes halogenated alkanes) is 2. The van der Waals surface area contributed by atoms with Gasteiger partial charge in [-0.05, 0) is 46.0 Å². The van der Waals surface area contributed by atoms with Gasteiger partial charge in [-0.1, -0.05) is 26.8 Å². The molecule has 0 rings (SSSR count). The Kier molecular flexibility index (Phi) is 9.76. The highest BCUT2D eigenvalue weighted by Crippen LogP contribution is 2.23. The molecule has 0 aliphatic rings. The molecule has 0 aromatic rings. The van der Waals surface area contributed by atoms with Crippen molar-refractivity contribution in [2.75, 3.05) is 0 Å². The van der Waals surface area contributed by atoms with Crippen molar-refractivity contribution in [2.24, 2.45) is 0 Å². The van der Waals surface area contributed by atoms with Gasteiger partial charge < -0.3 is 9.47 Å². The zero-order valence-corrected chi connectivity index (χ0v) is 13.9. The van der Waals surface area contributed by atoms with Gasteiger partial charge in [0.25, 0.3) is 0 Å². The van der Waals surface area contributed by atoms with E-state index in [1.807, 2.05) is 27.7 Å². The molecule has 0 spiro atoms. The summed E-state index contributed by atoms with van der Waals surface area (Å²) in [4.78, 5) is 22.8. The largest absolute Gasteiger partial charge is 0.463 e. The van der Waals surface area contributed by atoms with Crippen LogP contribution in [-0.4, -0.2) is 23.6 Å². The molecule has 0 amide bonds. The molecule has 0 saturated carbocycles. The molecule has 4 heteroatoms. The van der Waals surface area contributed by atoms with E-state index < -0.39 is 5.60 Å². The molecule has 2 atom stereocenters. The van der Waals surface area contributed by atoms with Crippen LogP contribution >= 0.6 is 0 Å². The van der Waals surface area contributed by atoms with Crippen molar-refractivity contribution in [3.63, 3.8) is 0 Å². The third-order valence-electron chi connectivity index (χ3n) is 3.76. The molecule has 0 radical (unpaired) electrons. The van der Waals surface area contributed by atoms with Gasteiger partial charge in [0.15, 0.2) is 0 Å². The van der Waals surface area contributed by atoms with Crippen LogP contribution < -0.4 is 0 Å². The first kappa shape index (κ1) is 19.7. The highest BCUT2D eigenvalue weighted by molar-refractivity contribution is 5.81. The second kappa shape index (κ2) is 10.4. The lowest BCUT2D eigenvalue weighted by Gasteiger charge is -2.27. The zero-order chi connectivity index (χ0) is 16.3. The lowest BCUT2D eigenvalue weighted by Crippen LogP contribution is -2.30. The molecule has 0 aliphatic carbocycles. The number of hydrogen-bond donors (Lipinski definition) is 0. The Morgan fingerprint density at radius 3 is 2.43 bits per heavy atom. The van der Waals surface area contributed by atoms with Gasteiger partial charge in [-0.3, -0.25) is 4.79 Å². The number of ether oxygens (including phenoxy) is 2. The Morgan fingerprint density at radius 2 is 1.90 bits per heavy atom. The molecule has 0 saturated heterocycles. The quantitative estimate of drug-likeness (QED) is 0.326. The minimum atomic E-state index is -0.442. The standard InChI is InChI=1S/C17H30O4/c1-6-14(4)20-16(19)12-10-9-11-13-17(5,8-3)21-15(18)7-2/h7,14H,2,6,8-13H2,1,3-5H3. The molecule has 0 aromatic carbocycles. The molecule has 122 valence electrons. The van der Waals surface area contributed by atoms with Gasteiger partial charge in [0.1, 0.15) is 5.60 Å². The highest BCUT2D eigenvalue weighted by atomic mass is 16.6. The smallest absolute Gasteiger partial charge is 0.330 e. The second-order valence-corrected chi connectivity index (χ2v) is 5.70. The molecular formula is C17H30O4. The first-order valence-corrected chi connectivity index (χ1v) is 7.91. The molecule has 0 fully saturated rings. The maximum atomic E-state index is 11.5. The summed E-state index contributed by atoms with van der Waals surface area (Å²) in [5, 5.41) is 0. The van der Waals surface area contributed by atoms with E-state index in [-0.39, 0.29) is 18.0 Å². The average Bonchev–Trinajstić information content (AvgIpc) is 2.46. The fourth-order valence-corrected chi connectivity index (χ4v) is 1.90. The van der Waals surface area contributed by atoms with Crippen LogP contribution in [0.25, 0.3) is 0 Å². The van der Waals surface area contributed by atoms with Crippen LogP contribution in [0.2, 0.25) is 0 Å². The molecule has 0 aromatic heterocycles. The van der Waals surface area contributed by atoms with Crippen LogP contribution in [0.15, 0.2) is 12.7 Å². The zero-order valence-electron chi connectivity index (χ0n) is 13.9. The number of carbonyl (C=O) groups is 2. The number of esters is 2. The number of rotatable bonds is 11. The molecular weight excluding hydrogens is 268 g/mol. The maximum absolute atomic E-state index is 11.5. The van der Waals surface area contributed by atoms with E-state index in [0.29, 0.717) is 6.42 Å². The monoisotopic (exact) mass is 298 g/mol. The Morgan fingerprint density at radius 1 is 1.24 bits per heavy atom. The SMILES string of the molecule is C=CC(=O)OC(C)(CC)CCCCCC(=O)OC(C)CC. The Hall–Kier alpha value is -1.32. The molecule has 0 aliphatic heterocycles. The lowest BCUT2D eigenvalue weighted by molar-refractivity contribution is -0.153. The van der Waals surface area contributed by atoms with Gasteiger partial charge in [-0.15, -0.1) is 0 Å². The maximum Gasteiger partial charge on any atom is 0.330 e. The van der Waals surface area contributed by atoms with Gasteiger partial charge in [-0.2, -0.15) is 0 Å². The lowest BCUT2D eigenvalue weighted by atomic mass is 9.95. The van der Waals surface area contributed by atoms with E-state index in [4.69, 9.17) is 9.47 Å². The molecule has 2 unspecified atom stereocenters. The fourth-order valence-electron chi connectivity index (χ4n) is 1.90. The summed E-state index contributed by atoms with van der Waals surface area (Å²) in [7, 11) is 0. The number of hydrogen-bond acceptors (Lipinski definition) is 4. The van der Waals surface area contributed by atoms with Crippen molar-refractivity contribution in [3.05, 3.63) is 12.7 Å². The van der Waals surface area contributed by atoms with Gasteiger partial charge >= 0.3 is 11.9 Å². The second-order valence-electron chi connectivity index (χ2n) is 5.70. The molecule has 21 heavy (non-hydrogen) atoms. The molecule has 4 nitrogen and oxygen atoms in total. The summed E-state index contributed by atoms with van der Waals surface area (Å²) in [6.45, 7) is 11.2. The Balaban J connectivity index is 3.89. The van der Waals surface area contributed by atoms with Crippen LogP contribution in [-0.2, 0) is 19.1 Å². The van der Waals surface area contributed by atoms with E-state index in [2.05, 4.69) is 6.58 Å². The van der Waals surface area contributed by atoms with Crippen LogP contribution in [0.5, 0.6) is 0 Å². The van der Waals surface area contributed by atoms with Gasteiger partial charge in [0.05, 0.1) is 6.10 Å². The predicted molar refractivity (Wildman–Crippen MR) is 83.9 cm³/mol. The fraction of sp³-hybridized carbons (Fsp3) is 0.765. The van der Waals surface area contributed by atoms with E-state index in [0.717, 1.165) is 38.5 Å². The summed E-state index contributed by atoms with van der Waals surface area (Å²) in [5.74, 6) is -0.503. The van der Waals surface area contributed by atoms with E-state index in [1.165, 1.54) is 6.08 Å². The predicted octanol–water partition coefficient (Wildman–Crippen LogP) is 4.18. The summed E-state index contributed by atoms with van der Waals surface area (Å²) in [6, 6.07) is 0. The average molecular weight is 298 g/mol. The highest BCUT2D eigenvalue weighted by Gasteiger charge is 2.25. The first-order chi connectivity index (χ1) is 9.86. The van der Waals surface area contributed by atoms with Crippen LogP contribution in [0.1, 0.15) is 72.6 Å². The van der Waals surface area contributed by atoms with Crippen molar-refractivity contribution in [2.45, 2.75) is 84.3 Å². The van der Waals surface area contributed by atoms with Crippen molar-refractivity contribution < 1.29 is 19.1 Å². The van der Waals surface area contributed by atoms with Crippen molar-refractivity contribution in [1.29, 1.82) is 0 Å². The molecule has 0 bridgehead atoms. The Bertz CT molecular complexity index is 338. The van der Waals surface area contributed by atoms with E-state index in [9.17, 15) is 9.59 Å². The van der Waals surface area contributed by atoms with Gasteiger partial charge in [0, 0.05) is 12.5 Å². The van der Waals surface area contributed by atoms with Gasteiger partial charge in [0.2, 0.25) is 0 Å². The molecule has 0 N–H and O–H groups in total. The van der Waals surface area contributed by atoms with Crippen LogP contribution in [0.3, 0.4) is 0 Å². The minimum absolute atomic E-state index is 0.000742. The summed E-state index contributed by atoms with van der Waals surface area (Å²) >= 11 is 0.